The molecule has 1 atom stereocenters. The van der Waals surface area contributed by atoms with E-state index in [1.54, 1.807) is 31.2 Å². The molecule has 120 valence electrons. The van der Waals surface area contributed by atoms with Crippen LogP contribution in [0.5, 0.6) is 5.75 Å². The lowest BCUT2D eigenvalue weighted by Crippen LogP contribution is -2.39. The lowest BCUT2D eigenvalue weighted by molar-refractivity contribution is -0.127. The molecule has 0 aliphatic heterocycles. The van der Waals surface area contributed by atoms with Gasteiger partial charge in [-0.25, -0.2) is 0 Å². The van der Waals surface area contributed by atoms with Crippen LogP contribution < -0.4 is 15.8 Å². The summed E-state index contributed by atoms with van der Waals surface area (Å²) in [4.78, 5) is 23.1. The molecular formula is C17H24N2O3. The van der Waals surface area contributed by atoms with Gasteiger partial charge in [0.05, 0.1) is 0 Å². The van der Waals surface area contributed by atoms with Crippen molar-refractivity contribution >= 4 is 11.8 Å². The summed E-state index contributed by atoms with van der Waals surface area (Å²) < 4.78 is 5.59. The molecular weight excluding hydrogens is 280 g/mol. The molecule has 0 bridgehead atoms. The van der Waals surface area contributed by atoms with Crippen molar-refractivity contribution in [2.75, 3.05) is 6.54 Å². The van der Waals surface area contributed by atoms with Crippen molar-refractivity contribution in [2.45, 2.75) is 45.1 Å². The van der Waals surface area contributed by atoms with E-state index in [-0.39, 0.29) is 5.91 Å². The van der Waals surface area contributed by atoms with Crippen LogP contribution in [0.15, 0.2) is 24.3 Å². The molecule has 22 heavy (non-hydrogen) atoms. The molecule has 1 unspecified atom stereocenters. The molecule has 0 aromatic heterocycles. The van der Waals surface area contributed by atoms with Crippen LogP contribution in [0.25, 0.3) is 0 Å². The third kappa shape index (κ3) is 4.76. The van der Waals surface area contributed by atoms with E-state index >= 15 is 0 Å². The summed E-state index contributed by atoms with van der Waals surface area (Å²) in [5.74, 6) is 0.555. The molecule has 2 rings (SSSR count). The first-order valence-corrected chi connectivity index (χ1v) is 7.90. The summed E-state index contributed by atoms with van der Waals surface area (Å²) in [5.41, 5.74) is 5.60. The van der Waals surface area contributed by atoms with E-state index in [4.69, 9.17) is 10.5 Å². The standard InChI is InChI=1S/C17H24N2O3/c1-12(17(21)19-11-13-5-3-2-4-6-13)22-15-9-7-14(8-10-15)16(18)20/h7-10,12-13H,2-6,11H2,1H3,(H2,18,20)(H,19,21). The number of hydrogen-bond donors (Lipinski definition) is 2. The minimum Gasteiger partial charge on any atom is -0.481 e. The Hall–Kier alpha value is -2.04. The van der Waals surface area contributed by atoms with E-state index in [9.17, 15) is 9.59 Å². The molecule has 3 N–H and O–H groups in total. The van der Waals surface area contributed by atoms with Crippen LogP contribution in [0.4, 0.5) is 0 Å². The topological polar surface area (TPSA) is 81.4 Å². The van der Waals surface area contributed by atoms with Crippen LogP contribution in [0, 0.1) is 5.92 Å². The normalized spacial score (nSPS) is 16.8. The van der Waals surface area contributed by atoms with E-state index in [0.29, 0.717) is 17.2 Å². The number of ether oxygens (including phenoxy) is 1. The van der Waals surface area contributed by atoms with Gasteiger partial charge in [-0.3, -0.25) is 9.59 Å². The second kappa shape index (κ2) is 7.82. The lowest BCUT2D eigenvalue weighted by atomic mass is 9.89. The molecule has 0 heterocycles. The van der Waals surface area contributed by atoms with Crippen molar-refractivity contribution in [3.63, 3.8) is 0 Å². The van der Waals surface area contributed by atoms with Gasteiger partial charge in [-0.2, -0.15) is 0 Å². The fraction of sp³-hybridized carbons (Fsp3) is 0.529. The van der Waals surface area contributed by atoms with Gasteiger partial charge >= 0.3 is 0 Å². The average molecular weight is 304 g/mol. The Kier molecular flexibility index (Phi) is 5.81. The van der Waals surface area contributed by atoms with Crippen LogP contribution in [0.2, 0.25) is 0 Å². The molecule has 1 fully saturated rings. The van der Waals surface area contributed by atoms with Gasteiger partial charge in [-0.1, -0.05) is 19.3 Å². The average Bonchev–Trinajstić information content (AvgIpc) is 2.54. The number of amides is 2. The highest BCUT2D eigenvalue weighted by molar-refractivity contribution is 5.92. The molecule has 5 nitrogen and oxygen atoms in total. The van der Waals surface area contributed by atoms with Gasteiger partial charge in [0.25, 0.3) is 5.91 Å². The number of benzene rings is 1. The Morgan fingerprint density at radius 1 is 1.23 bits per heavy atom. The third-order valence-corrected chi connectivity index (χ3v) is 4.11. The highest BCUT2D eigenvalue weighted by atomic mass is 16.5. The zero-order valence-corrected chi connectivity index (χ0v) is 13.0. The molecule has 1 aliphatic carbocycles. The molecule has 1 aromatic rings. The highest BCUT2D eigenvalue weighted by Gasteiger charge is 2.18. The van der Waals surface area contributed by atoms with Crippen molar-refractivity contribution < 1.29 is 14.3 Å². The molecule has 0 spiro atoms. The first kappa shape index (κ1) is 16.3. The van der Waals surface area contributed by atoms with E-state index in [1.807, 2.05) is 0 Å². The maximum Gasteiger partial charge on any atom is 0.260 e. The minimum absolute atomic E-state index is 0.107. The minimum atomic E-state index is -0.567. The van der Waals surface area contributed by atoms with Gasteiger partial charge in [0, 0.05) is 12.1 Å². The first-order valence-electron chi connectivity index (χ1n) is 7.90. The Morgan fingerprint density at radius 3 is 2.45 bits per heavy atom. The van der Waals surface area contributed by atoms with E-state index in [1.165, 1.54) is 32.1 Å². The summed E-state index contributed by atoms with van der Waals surface area (Å²) in [6, 6.07) is 6.46. The fourth-order valence-electron chi connectivity index (χ4n) is 2.74. The molecule has 1 aliphatic rings. The summed E-state index contributed by atoms with van der Waals surface area (Å²) in [6.45, 7) is 2.45. The highest BCUT2D eigenvalue weighted by Crippen LogP contribution is 2.22. The quantitative estimate of drug-likeness (QED) is 0.845. The summed E-state index contributed by atoms with van der Waals surface area (Å²) in [6.07, 6.45) is 5.67. The number of hydrogen-bond acceptors (Lipinski definition) is 3. The summed E-state index contributed by atoms with van der Waals surface area (Å²) in [7, 11) is 0. The van der Waals surface area contributed by atoms with Gasteiger partial charge in [-0.05, 0) is 49.9 Å². The van der Waals surface area contributed by atoms with Crippen LogP contribution in [-0.4, -0.2) is 24.5 Å². The van der Waals surface area contributed by atoms with E-state index in [0.717, 1.165) is 6.54 Å². The van der Waals surface area contributed by atoms with Crippen molar-refractivity contribution in [2.24, 2.45) is 11.7 Å². The van der Waals surface area contributed by atoms with Gasteiger partial charge < -0.3 is 15.8 Å². The first-order chi connectivity index (χ1) is 10.6. The van der Waals surface area contributed by atoms with Gasteiger partial charge in [0.2, 0.25) is 5.91 Å². The molecule has 0 radical (unpaired) electrons. The van der Waals surface area contributed by atoms with Crippen molar-refractivity contribution in [1.82, 2.24) is 5.32 Å². The maximum absolute atomic E-state index is 12.1. The van der Waals surface area contributed by atoms with E-state index in [2.05, 4.69) is 5.32 Å². The second-order valence-electron chi connectivity index (χ2n) is 5.90. The molecule has 0 saturated heterocycles. The van der Waals surface area contributed by atoms with Gasteiger partial charge in [0.1, 0.15) is 5.75 Å². The number of rotatable bonds is 6. The zero-order valence-electron chi connectivity index (χ0n) is 13.0. The second-order valence-corrected chi connectivity index (χ2v) is 5.90. The Balaban J connectivity index is 1.78. The summed E-state index contributed by atoms with van der Waals surface area (Å²) >= 11 is 0. The fourth-order valence-corrected chi connectivity index (χ4v) is 2.74. The maximum atomic E-state index is 12.1. The molecule has 1 saturated carbocycles. The summed E-state index contributed by atoms with van der Waals surface area (Å²) in [5, 5.41) is 2.96. The van der Waals surface area contributed by atoms with Gasteiger partial charge in [-0.15, -0.1) is 0 Å². The Bertz CT molecular complexity index is 507. The molecule has 2 amide bonds. The number of primary amides is 1. The zero-order chi connectivity index (χ0) is 15.9. The Morgan fingerprint density at radius 2 is 1.86 bits per heavy atom. The van der Waals surface area contributed by atoms with Crippen LogP contribution in [0.1, 0.15) is 49.4 Å². The lowest BCUT2D eigenvalue weighted by Gasteiger charge is -2.23. The predicted octanol–water partition coefficient (Wildman–Crippen LogP) is 2.25. The van der Waals surface area contributed by atoms with Crippen molar-refractivity contribution in [3.8, 4) is 5.75 Å². The predicted molar refractivity (Wildman–Crippen MR) is 84.6 cm³/mol. The molecule has 1 aromatic carbocycles. The van der Waals surface area contributed by atoms with E-state index < -0.39 is 12.0 Å². The number of nitrogens with one attached hydrogen (secondary N) is 1. The number of carbonyl (C=O) groups excluding carboxylic acids is 2. The SMILES string of the molecule is CC(Oc1ccc(C(N)=O)cc1)C(=O)NCC1CCCCC1. The van der Waals surface area contributed by atoms with Crippen LogP contribution in [-0.2, 0) is 4.79 Å². The van der Waals surface area contributed by atoms with Crippen molar-refractivity contribution in [3.05, 3.63) is 29.8 Å². The van der Waals surface area contributed by atoms with Crippen LogP contribution in [0.3, 0.4) is 0 Å². The smallest absolute Gasteiger partial charge is 0.260 e. The Labute approximate surface area is 131 Å². The van der Waals surface area contributed by atoms with Crippen LogP contribution >= 0.6 is 0 Å². The monoisotopic (exact) mass is 304 g/mol. The number of carbonyl (C=O) groups is 2. The molecule has 5 heteroatoms. The van der Waals surface area contributed by atoms with Gasteiger partial charge in [0.15, 0.2) is 6.10 Å². The number of nitrogens with two attached hydrogens (primary N) is 1. The largest absolute Gasteiger partial charge is 0.481 e. The van der Waals surface area contributed by atoms with Crippen molar-refractivity contribution in [1.29, 1.82) is 0 Å². The third-order valence-electron chi connectivity index (χ3n) is 4.11.